The summed E-state index contributed by atoms with van der Waals surface area (Å²) >= 11 is 3.83. The summed E-state index contributed by atoms with van der Waals surface area (Å²) in [6.07, 6.45) is 2.90. The predicted molar refractivity (Wildman–Crippen MR) is 57.0 cm³/mol. The monoisotopic (exact) mass is 226 g/mol. The van der Waals surface area contributed by atoms with Gasteiger partial charge in [-0.3, -0.25) is 9.78 Å². The van der Waals surface area contributed by atoms with Crippen LogP contribution < -0.4 is 5.32 Å². The van der Waals surface area contributed by atoms with Gasteiger partial charge < -0.3 is 10.4 Å². The average Bonchev–Trinajstić information content (AvgIpc) is 2.26. The van der Waals surface area contributed by atoms with Gasteiger partial charge in [-0.25, -0.2) is 4.79 Å². The van der Waals surface area contributed by atoms with Gasteiger partial charge in [0.05, 0.1) is 5.56 Å². The molecule has 2 N–H and O–H groups in total. The van der Waals surface area contributed by atoms with Gasteiger partial charge in [-0.05, 0) is 12.1 Å². The molecule has 0 radical (unpaired) electrons. The Morgan fingerprint density at radius 2 is 2.33 bits per heavy atom. The molecule has 1 atom stereocenters. The van der Waals surface area contributed by atoms with Gasteiger partial charge in [-0.15, -0.1) is 0 Å². The van der Waals surface area contributed by atoms with E-state index >= 15 is 0 Å². The Kier molecular flexibility index (Phi) is 4.11. The van der Waals surface area contributed by atoms with Crippen LogP contribution in [0.15, 0.2) is 24.5 Å². The van der Waals surface area contributed by atoms with Crippen molar-refractivity contribution in [3.8, 4) is 0 Å². The first-order valence-corrected chi connectivity index (χ1v) is 4.83. The molecule has 1 heterocycles. The van der Waals surface area contributed by atoms with Crippen LogP contribution in [0.25, 0.3) is 0 Å². The molecule has 0 aliphatic carbocycles. The molecule has 1 unspecified atom stereocenters. The predicted octanol–water partition coefficient (Wildman–Crippen LogP) is 0.194. The summed E-state index contributed by atoms with van der Waals surface area (Å²) < 4.78 is 0. The van der Waals surface area contributed by atoms with Crippen molar-refractivity contribution < 1.29 is 14.7 Å². The van der Waals surface area contributed by atoms with Crippen LogP contribution in [0.4, 0.5) is 0 Å². The topological polar surface area (TPSA) is 79.3 Å². The van der Waals surface area contributed by atoms with Crippen molar-refractivity contribution in [1.29, 1.82) is 0 Å². The van der Waals surface area contributed by atoms with Crippen molar-refractivity contribution in [3.63, 3.8) is 0 Å². The van der Waals surface area contributed by atoms with E-state index in [9.17, 15) is 9.59 Å². The highest BCUT2D eigenvalue weighted by molar-refractivity contribution is 7.80. The number of thiol groups is 1. The first-order valence-electron chi connectivity index (χ1n) is 4.19. The number of carboxylic acids is 1. The first kappa shape index (κ1) is 11.5. The van der Waals surface area contributed by atoms with E-state index in [0.29, 0.717) is 5.56 Å². The minimum Gasteiger partial charge on any atom is -0.480 e. The number of nitrogens with one attached hydrogen (secondary N) is 1. The molecule has 6 heteroatoms. The molecular formula is C9H10N2O3S. The Hall–Kier alpha value is -1.56. The van der Waals surface area contributed by atoms with Crippen LogP contribution in [-0.2, 0) is 4.79 Å². The molecule has 1 rings (SSSR count). The van der Waals surface area contributed by atoms with Gasteiger partial charge >= 0.3 is 5.97 Å². The van der Waals surface area contributed by atoms with Crippen LogP contribution in [0.1, 0.15) is 10.4 Å². The number of hydrogen-bond donors (Lipinski definition) is 3. The van der Waals surface area contributed by atoms with Crippen LogP contribution in [-0.4, -0.2) is 33.8 Å². The van der Waals surface area contributed by atoms with E-state index in [0.717, 1.165) is 0 Å². The Bertz CT molecular complexity index is 356. The fraction of sp³-hybridized carbons (Fsp3) is 0.222. The molecule has 1 amide bonds. The van der Waals surface area contributed by atoms with Crippen LogP contribution in [0.3, 0.4) is 0 Å². The standard InChI is InChI=1S/C9H10N2O3S/c12-8(6-2-1-3-10-4-6)11-7(5-15)9(13)14/h1-4,7,15H,5H2,(H,11,12)(H,13,14). The molecule has 15 heavy (non-hydrogen) atoms. The number of rotatable bonds is 4. The average molecular weight is 226 g/mol. The van der Waals surface area contributed by atoms with Gasteiger partial charge in [0.1, 0.15) is 6.04 Å². The third-order valence-corrected chi connectivity index (χ3v) is 2.07. The van der Waals surface area contributed by atoms with Crippen LogP contribution in [0.2, 0.25) is 0 Å². The minimum absolute atomic E-state index is 0.0430. The fourth-order valence-electron chi connectivity index (χ4n) is 0.924. The summed E-state index contributed by atoms with van der Waals surface area (Å²) in [5.74, 6) is -1.53. The quantitative estimate of drug-likeness (QED) is 0.640. The molecule has 80 valence electrons. The zero-order valence-corrected chi connectivity index (χ0v) is 8.65. The number of aromatic nitrogens is 1. The smallest absolute Gasteiger partial charge is 0.327 e. The zero-order chi connectivity index (χ0) is 11.3. The molecule has 0 spiro atoms. The lowest BCUT2D eigenvalue weighted by Gasteiger charge is -2.11. The van der Waals surface area contributed by atoms with Crippen molar-refractivity contribution in [1.82, 2.24) is 10.3 Å². The Balaban J connectivity index is 2.67. The van der Waals surface area contributed by atoms with E-state index in [2.05, 4.69) is 22.9 Å². The number of aliphatic carboxylic acids is 1. The van der Waals surface area contributed by atoms with Gasteiger partial charge in [0.15, 0.2) is 0 Å². The minimum atomic E-state index is -1.11. The highest BCUT2D eigenvalue weighted by atomic mass is 32.1. The molecule has 0 saturated carbocycles. The van der Waals surface area contributed by atoms with Gasteiger partial charge in [0.25, 0.3) is 5.91 Å². The van der Waals surface area contributed by atoms with Crippen molar-refractivity contribution in [3.05, 3.63) is 30.1 Å². The number of hydrogen-bond acceptors (Lipinski definition) is 4. The lowest BCUT2D eigenvalue weighted by atomic mass is 10.2. The number of carboxylic acid groups (broad SMARTS) is 1. The molecule has 1 aromatic rings. The van der Waals surface area contributed by atoms with Crippen molar-refractivity contribution in [2.45, 2.75) is 6.04 Å². The second kappa shape index (κ2) is 5.35. The lowest BCUT2D eigenvalue weighted by molar-refractivity contribution is -0.138. The number of nitrogens with zero attached hydrogens (tertiary/aromatic N) is 1. The first-order chi connectivity index (χ1) is 7.15. The Morgan fingerprint density at radius 3 is 2.80 bits per heavy atom. The van der Waals surface area contributed by atoms with E-state index in [1.54, 1.807) is 12.1 Å². The molecule has 0 bridgehead atoms. The van der Waals surface area contributed by atoms with E-state index in [-0.39, 0.29) is 5.75 Å². The summed E-state index contributed by atoms with van der Waals surface area (Å²) in [7, 11) is 0. The largest absolute Gasteiger partial charge is 0.480 e. The maximum Gasteiger partial charge on any atom is 0.327 e. The summed E-state index contributed by atoms with van der Waals surface area (Å²) in [6.45, 7) is 0. The summed E-state index contributed by atoms with van der Waals surface area (Å²) in [5.41, 5.74) is 0.325. The second-order valence-electron chi connectivity index (χ2n) is 2.79. The summed E-state index contributed by atoms with van der Waals surface area (Å²) in [6, 6.07) is 2.17. The molecule has 0 saturated heterocycles. The highest BCUT2D eigenvalue weighted by Crippen LogP contribution is 1.97. The number of carbonyl (C=O) groups is 2. The Labute approximate surface area is 91.9 Å². The Morgan fingerprint density at radius 1 is 1.60 bits per heavy atom. The van der Waals surface area contributed by atoms with Gasteiger partial charge in [0, 0.05) is 18.1 Å². The van der Waals surface area contributed by atoms with Gasteiger partial charge in [-0.2, -0.15) is 12.6 Å². The second-order valence-corrected chi connectivity index (χ2v) is 3.15. The highest BCUT2D eigenvalue weighted by Gasteiger charge is 2.18. The van der Waals surface area contributed by atoms with Crippen molar-refractivity contribution >= 4 is 24.5 Å². The van der Waals surface area contributed by atoms with Crippen LogP contribution in [0.5, 0.6) is 0 Å². The SMILES string of the molecule is O=C(NC(CS)C(=O)O)c1cccnc1. The summed E-state index contributed by atoms with van der Waals surface area (Å²) in [5, 5.41) is 11.0. The van der Waals surface area contributed by atoms with Gasteiger partial charge in [0.2, 0.25) is 0 Å². The molecule has 0 aliphatic rings. The van der Waals surface area contributed by atoms with Crippen molar-refractivity contribution in [2.24, 2.45) is 0 Å². The zero-order valence-electron chi connectivity index (χ0n) is 7.75. The number of amides is 1. The molecule has 0 aliphatic heterocycles. The van der Waals surface area contributed by atoms with E-state index in [1.807, 2.05) is 0 Å². The maximum absolute atomic E-state index is 11.5. The number of carbonyl (C=O) groups excluding carboxylic acids is 1. The third kappa shape index (κ3) is 3.25. The van der Waals surface area contributed by atoms with Crippen LogP contribution >= 0.6 is 12.6 Å². The number of pyridine rings is 1. The molecular weight excluding hydrogens is 216 g/mol. The van der Waals surface area contributed by atoms with E-state index in [1.165, 1.54) is 12.4 Å². The molecule has 5 nitrogen and oxygen atoms in total. The third-order valence-electron chi connectivity index (χ3n) is 1.71. The van der Waals surface area contributed by atoms with E-state index in [4.69, 9.17) is 5.11 Å². The normalized spacial score (nSPS) is 11.8. The van der Waals surface area contributed by atoms with Crippen molar-refractivity contribution in [2.75, 3.05) is 5.75 Å². The van der Waals surface area contributed by atoms with E-state index < -0.39 is 17.9 Å². The lowest BCUT2D eigenvalue weighted by Crippen LogP contribution is -2.42. The summed E-state index contributed by atoms with van der Waals surface area (Å²) in [4.78, 5) is 25.8. The van der Waals surface area contributed by atoms with Crippen LogP contribution in [0, 0.1) is 0 Å². The molecule has 1 aromatic heterocycles. The molecule has 0 aromatic carbocycles. The molecule has 0 fully saturated rings. The fourth-order valence-corrected chi connectivity index (χ4v) is 1.17. The maximum atomic E-state index is 11.5. The van der Waals surface area contributed by atoms with Gasteiger partial charge in [-0.1, -0.05) is 0 Å².